The van der Waals surface area contributed by atoms with Crippen molar-refractivity contribution in [3.63, 3.8) is 0 Å². The van der Waals surface area contributed by atoms with Crippen molar-refractivity contribution in [2.24, 2.45) is 5.73 Å². The lowest BCUT2D eigenvalue weighted by atomic mass is 9.96. The maximum Gasteiger partial charge on any atom is 0.246 e. The smallest absolute Gasteiger partial charge is 0.246 e. The molecule has 6 nitrogen and oxygen atoms in total. The van der Waals surface area contributed by atoms with Gasteiger partial charge in [0.15, 0.2) is 0 Å². The van der Waals surface area contributed by atoms with Crippen LogP contribution in [0, 0.1) is 0 Å². The van der Waals surface area contributed by atoms with Gasteiger partial charge in [-0.1, -0.05) is 78.3 Å². The summed E-state index contributed by atoms with van der Waals surface area (Å²) in [6.07, 6.45) is 2.57. The number of piperazine rings is 1. The highest BCUT2D eigenvalue weighted by atomic mass is 35.5. The SMILES string of the molecule is NCCCC[C@H]1C(=O)N[C@@H](Cc2ccc(Oc3ccc(Cl)cc3)cc2)C(=O)N1Cc1ccc(-c2ccccc2)cc1. The first-order valence-electron chi connectivity index (χ1n) is 14.0. The zero-order valence-corrected chi connectivity index (χ0v) is 23.6. The molecule has 0 aliphatic carbocycles. The number of nitrogens with two attached hydrogens (primary N) is 1. The summed E-state index contributed by atoms with van der Waals surface area (Å²) >= 11 is 5.95. The number of carbonyl (C=O) groups excluding carboxylic acids is 2. The Morgan fingerprint density at radius 3 is 2.02 bits per heavy atom. The van der Waals surface area contributed by atoms with Gasteiger partial charge in [-0.3, -0.25) is 9.59 Å². The van der Waals surface area contributed by atoms with Crippen LogP contribution in [0.2, 0.25) is 5.02 Å². The van der Waals surface area contributed by atoms with E-state index >= 15 is 0 Å². The first-order valence-corrected chi connectivity index (χ1v) is 14.4. The van der Waals surface area contributed by atoms with Gasteiger partial charge in [-0.15, -0.1) is 0 Å². The highest BCUT2D eigenvalue weighted by Gasteiger charge is 2.40. The third kappa shape index (κ3) is 7.34. The van der Waals surface area contributed by atoms with E-state index in [4.69, 9.17) is 22.1 Å². The molecule has 0 spiro atoms. The first kappa shape index (κ1) is 28.4. The fourth-order valence-corrected chi connectivity index (χ4v) is 5.24. The number of hydrogen-bond donors (Lipinski definition) is 2. The lowest BCUT2D eigenvalue weighted by Crippen LogP contribution is -2.63. The lowest BCUT2D eigenvalue weighted by Gasteiger charge is -2.39. The lowest BCUT2D eigenvalue weighted by molar-refractivity contribution is -0.150. The largest absolute Gasteiger partial charge is 0.457 e. The average molecular weight is 568 g/mol. The number of nitrogens with zero attached hydrogens (tertiary/aromatic N) is 1. The zero-order valence-electron chi connectivity index (χ0n) is 22.8. The molecule has 2 atom stereocenters. The molecule has 3 N–H and O–H groups in total. The van der Waals surface area contributed by atoms with Crippen molar-refractivity contribution in [2.45, 2.75) is 44.3 Å². The molecule has 4 aromatic rings. The van der Waals surface area contributed by atoms with E-state index in [2.05, 4.69) is 29.6 Å². The highest BCUT2D eigenvalue weighted by molar-refractivity contribution is 6.30. The number of unbranched alkanes of at least 4 members (excludes halogenated alkanes) is 1. The minimum absolute atomic E-state index is 0.0732. The third-order valence-corrected chi connectivity index (χ3v) is 7.59. The molecule has 0 aromatic heterocycles. The highest BCUT2D eigenvalue weighted by Crippen LogP contribution is 2.26. The molecule has 0 radical (unpaired) electrons. The normalized spacial score (nSPS) is 16.9. The number of carbonyl (C=O) groups is 2. The maximum absolute atomic E-state index is 13.8. The summed E-state index contributed by atoms with van der Waals surface area (Å²) < 4.78 is 5.88. The predicted molar refractivity (Wildman–Crippen MR) is 163 cm³/mol. The van der Waals surface area contributed by atoms with Crippen LogP contribution < -0.4 is 15.8 Å². The Morgan fingerprint density at radius 1 is 0.756 bits per heavy atom. The topological polar surface area (TPSA) is 84.7 Å². The van der Waals surface area contributed by atoms with Crippen molar-refractivity contribution in [1.29, 1.82) is 0 Å². The number of amides is 2. The number of halogens is 1. The van der Waals surface area contributed by atoms with Gasteiger partial charge in [0.25, 0.3) is 0 Å². The summed E-state index contributed by atoms with van der Waals surface area (Å²) in [5.41, 5.74) is 9.86. The molecule has 1 saturated heterocycles. The molecule has 4 aromatic carbocycles. The Balaban J connectivity index is 1.29. The molecule has 1 heterocycles. The van der Waals surface area contributed by atoms with Gasteiger partial charge < -0.3 is 20.7 Å². The minimum atomic E-state index is -0.639. The van der Waals surface area contributed by atoms with E-state index in [9.17, 15) is 9.59 Å². The van der Waals surface area contributed by atoms with Crippen LogP contribution >= 0.6 is 11.6 Å². The second-order valence-electron chi connectivity index (χ2n) is 10.3. The van der Waals surface area contributed by atoms with Gasteiger partial charge in [0.2, 0.25) is 11.8 Å². The van der Waals surface area contributed by atoms with E-state index in [1.807, 2.05) is 54.6 Å². The van der Waals surface area contributed by atoms with Gasteiger partial charge in [0, 0.05) is 18.0 Å². The zero-order chi connectivity index (χ0) is 28.6. The molecule has 41 heavy (non-hydrogen) atoms. The number of rotatable bonds is 11. The summed E-state index contributed by atoms with van der Waals surface area (Å²) in [5, 5.41) is 3.64. The van der Waals surface area contributed by atoms with E-state index < -0.39 is 12.1 Å². The second-order valence-corrected chi connectivity index (χ2v) is 10.7. The molecule has 1 fully saturated rings. The van der Waals surface area contributed by atoms with Crippen molar-refractivity contribution in [2.75, 3.05) is 6.54 Å². The van der Waals surface area contributed by atoms with E-state index in [1.54, 1.807) is 29.2 Å². The van der Waals surface area contributed by atoms with Crippen LogP contribution in [0.1, 0.15) is 30.4 Å². The molecule has 0 bridgehead atoms. The third-order valence-electron chi connectivity index (χ3n) is 7.33. The van der Waals surface area contributed by atoms with Gasteiger partial charge in [-0.25, -0.2) is 0 Å². The Kier molecular flexibility index (Phi) is 9.34. The Hall–Kier alpha value is -4.13. The fraction of sp³-hybridized carbons (Fsp3) is 0.235. The van der Waals surface area contributed by atoms with Crippen molar-refractivity contribution in [1.82, 2.24) is 10.2 Å². The minimum Gasteiger partial charge on any atom is -0.457 e. The quantitative estimate of drug-likeness (QED) is 0.206. The summed E-state index contributed by atoms with van der Waals surface area (Å²) in [6.45, 7) is 0.933. The molecule has 1 aliphatic heterocycles. The molecule has 0 saturated carbocycles. The molecule has 2 amide bonds. The standard InChI is InChI=1S/C34H34ClN3O3/c35-28-15-19-30(20-16-28)41-29-17-11-24(12-18-29)22-31-34(40)38(32(33(39)37-31)8-4-5-21-36)23-25-9-13-27(14-10-25)26-6-2-1-3-7-26/h1-3,6-7,9-20,31-32H,4-5,8,21-23,36H2,(H,37,39)/t31-,32-/m0/s1. The van der Waals surface area contributed by atoms with Crippen LogP contribution in [-0.2, 0) is 22.6 Å². The summed E-state index contributed by atoms with van der Waals surface area (Å²) in [6, 6.07) is 31.9. The van der Waals surface area contributed by atoms with Gasteiger partial charge >= 0.3 is 0 Å². The van der Waals surface area contributed by atoms with Crippen LogP contribution in [0.25, 0.3) is 11.1 Å². The van der Waals surface area contributed by atoms with Gasteiger partial charge in [-0.05, 0) is 84.5 Å². The summed E-state index contributed by atoms with van der Waals surface area (Å²) in [5.74, 6) is 1.17. The van der Waals surface area contributed by atoms with Gasteiger partial charge in [0.05, 0.1) is 0 Å². The first-order chi connectivity index (χ1) is 20.0. The Morgan fingerprint density at radius 2 is 1.37 bits per heavy atom. The fourth-order valence-electron chi connectivity index (χ4n) is 5.12. The molecule has 5 rings (SSSR count). The predicted octanol–water partition coefficient (Wildman–Crippen LogP) is 6.37. The Labute approximate surface area is 246 Å². The number of ether oxygens (including phenoxy) is 1. The van der Waals surface area contributed by atoms with Gasteiger partial charge in [0.1, 0.15) is 23.6 Å². The molecular weight excluding hydrogens is 534 g/mol. The molecule has 1 aliphatic rings. The summed E-state index contributed by atoms with van der Waals surface area (Å²) in [4.78, 5) is 28.8. The van der Waals surface area contributed by atoms with Crippen LogP contribution in [0.5, 0.6) is 11.5 Å². The van der Waals surface area contributed by atoms with E-state index in [0.717, 1.165) is 35.1 Å². The number of nitrogens with one attached hydrogen (secondary N) is 1. The van der Waals surface area contributed by atoms with Crippen molar-refractivity contribution in [3.8, 4) is 22.6 Å². The maximum atomic E-state index is 13.8. The molecular formula is C34H34ClN3O3. The van der Waals surface area contributed by atoms with Crippen molar-refractivity contribution in [3.05, 3.63) is 119 Å². The van der Waals surface area contributed by atoms with E-state index in [0.29, 0.717) is 42.5 Å². The van der Waals surface area contributed by atoms with Crippen molar-refractivity contribution >= 4 is 23.4 Å². The van der Waals surface area contributed by atoms with E-state index in [1.165, 1.54) is 0 Å². The molecule has 0 unspecified atom stereocenters. The number of benzene rings is 4. The van der Waals surface area contributed by atoms with Crippen LogP contribution in [0.3, 0.4) is 0 Å². The van der Waals surface area contributed by atoms with Crippen molar-refractivity contribution < 1.29 is 14.3 Å². The Bertz CT molecular complexity index is 1440. The van der Waals surface area contributed by atoms with Crippen LogP contribution in [0.4, 0.5) is 0 Å². The van der Waals surface area contributed by atoms with E-state index in [-0.39, 0.29) is 11.8 Å². The molecule has 7 heteroatoms. The summed E-state index contributed by atoms with van der Waals surface area (Å²) in [7, 11) is 0. The average Bonchev–Trinajstić information content (AvgIpc) is 3.00. The van der Waals surface area contributed by atoms with Crippen LogP contribution in [-0.4, -0.2) is 35.3 Å². The number of hydrogen-bond acceptors (Lipinski definition) is 4. The molecule has 210 valence electrons. The second kappa shape index (κ2) is 13.5. The monoisotopic (exact) mass is 567 g/mol. The van der Waals surface area contributed by atoms with Crippen LogP contribution in [0.15, 0.2) is 103 Å². The van der Waals surface area contributed by atoms with Gasteiger partial charge in [-0.2, -0.15) is 0 Å².